The minimum absolute atomic E-state index is 0.0713. The summed E-state index contributed by atoms with van der Waals surface area (Å²) in [7, 11) is 0. The molecule has 3 aromatic carbocycles. The van der Waals surface area contributed by atoms with Crippen LogP contribution in [0.2, 0.25) is 0 Å². The van der Waals surface area contributed by atoms with E-state index < -0.39 is 17.5 Å². The number of benzene rings is 3. The lowest BCUT2D eigenvalue weighted by molar-refractivity contribution is 0.0372. The van der Waals surface area contributed by atoms with E-state index in [2.05, 4.69) is 10.3 Å². The number of nitrogens with zero attached hydrogens (tertiary/aromatic N) is 1. The second-order valence-corrected chi connectivity index (χ2v) is 10.7. The molecule has 0 radical (unpaired) electrons. The molecule has 1 aliphatic rings. The maximum absolute atomic E-state index is 13.0. The highest BCUT2D eigenvalue weighted by Gasteiger charge is 2.39. The first-order chi connectivity index (χ1) is 20.3. The molecule has 4 rings (SSSR count). The van der Waals surface area contributed by atoms with Crippen LogP contribution in [0.5, 0.6) is 17.2 Å². The Morgan fingerprint density at radius 1 is 1.05 bits per heavy atom. The first-order valence-corrected chi connectivity index (χ1v) is 13.8. The minimum Gasteiger partial charge on any atom is -0.507 e. The molecule has 0 saturated carbocycles. The van der Waals surface area contributed by atoms with E-state index in [0.717, 1.165) is 5.56 Å². The fourth-order valence-corrected chi connectivity index (χ4v) is 4.93. The number of Topliss-reactive ketones (excluding diaryl/α,β-unsaturated/α-hetero) is 1. The summed E-state index contributed by atoms with van der Waals surface area (Å²) < 4.78 is 17.3. The maximum Gasteiger partial charge on any atom is 0.338 e. The molecular weight excluding hydrogens is 552 g/mol. The molecule has 1 heterocycles. The number of rotatable bonds is 9. The number of nitrogens with one attached hydrogen (secondary N) is 1. The molecule has 0 aliphatic carbocycles. The number of anilines is 1. The molecule has 0 spiro atoms. The number of ketones is 1. The van der Waals surface area contributed by atoms with Crippen LogP contribution < -0.4 is 26.3 Å². The van der Waals surface area contributed by atoms with Crippen LogP contribution in [0, 0.1) is 20.8 Å². The number of amides is 1. The van der Waals surface area contributed by atoms with E-state index >= 15 is 0 Å². The summed E-state index contributed by atoms with van der Waals surface area (Å²) in [6.07, 6.45) is 0.614. The molecule has 226 valence electrons. The zero-order valence-electron chi connectivity index (χ0n) is 24.9. The van der Waals surface area contributed by atoms with E-state index in [1.54, 1.807) is 45.0 Å². The molecular formula is C32H36N4O7. The molecule has 1 amide bonds. The summed E-state index contributed by atoms with van der Waals surface area (Å²) in [4.78, 5) is 42.3. The lowest BCUT2D eigenvalue weighted by Gasteiger charge is -2.37. The van der Waals surface area contributed by atoms with E-state index in [4.69, 9.17) is 25.7 Å². The number of esters is 1. The number of nitrogens with two attached hydrogens (primary N) is 2. The number of carbonyl (C=O) groups excluding carboxylic acids is 3. The van der Waals surface area contributed by atoms with Crippen molar-refractivity contribution < 1.29 is 33.7 Å². The fraction of sp³-hybridized carbons (Fsp3) is 0.312. The van der Waals surface area contributed by atoms with E-state index in [1.165, 1.54) is 18.2 Å². The zero-order valence-corrected chi connectivity index (χ0v) is 24.9. The highest BCUT2D eigenvalue weighted by atomic mass is 16.5. The van der Waals surface area contributed by atoms with Crippen molar-refractivity contribution in [2.24, 2.45) is 16.5 Å². The Morgan fingerprint density at radius 2 is 1.72 bits per heavy atom. The first-order valence-electron chi connectivity index (χ1n) is 13.8. The quantitative estimate of drug-likeness (QED) is 0.155. The summed E-state index contributed by atoms with van der Waals surface area (Å²) in [5, 5.41) is 13.2. The number of hydrogen-bond donors (Lipinski definition) is 4. The van der Waals surface area contributed by atoms with Crippen LogP contribution in [0.25, 0.3) is 0 Å². The largest absolute Gasteiger partial charge is 0.507 e. The topological polar surface area (TPSA) is 176 Å². The monoisotopic (exact) mass is 588 g/mol. The molecule has 0 aromatic heterocycles. The number of ether oxygens (including phenoxy) is 3. The van der Waals surface area contributed by atoms with Crippen molar-refractivity contribution in [1.29, 1.82) is 0 Å². The number of aromatic hydroxyl groups is 1. The average molecular weight is 589 g/mol. The Balaban J connectivity index is 1.40. The van der Waals surface area contributed by atoms with Gasteiger partial charge >= 0.3 is 5.97 Å². The van der Waals surface area contributed by atoms with Gasteiger partial charge in [0.1, 0.15) is 22.8 Å². The second-order valence-electron chi connectivity index (χ2n) is 10.7. The Kier molecular flexibility index (Phi) is 8.93. The molecule has 3 aromatic rings. The number of aliphatic imine (C=N–C) groups is 1. The third-order valence-electron chi connectivity index (χ3n) is 7.34. The molecule has 0 fully saturated rings. The molecule has 1 unspecified atom stereocenters. The van der Waals surface area contributed by atoms with Crippen molar-refractivity contribution in [2.75, 3.05) is 18.5 Å². The van der Waals surface area contributed by atoms with Gasteiger partial charge in [-0.1, -0.05) is 0 Å². The van der Waals surface area contributed by atoms with Gasteiger partial charge in [-0.15, -0.1) is 0 Å². The maximum atomic E-state index is 13.0. The molecule has 1 aliphatic heterocycles. The molecule has 6 N–H and O–H groups in total. The highest BCUT2D eigenvalue weighted by molar-refractivity contribution is 6.06. The molecule has 0 bridgehead atoms. The van der Waals surface area contributed by atoms with Crippen molar-refractivity contribution in [3.63, 3.8) is 0 Å². The van der Waals surface area contributed by atoms with Crippen LogP contribution in [0.15, 0.2) is 47.5 Å². The molecule has 11 nitrogen and oxygen atoms in total. The van der Waals surface area contributed by atoms with Crippen LogP contribution >= 0.6 is 0 Å². The fourth-order valence-electron chi connectivity index (χ4n) is 4.93. The first kappa shape index (κ1) is 30.9. The van der Waals surface area contributed by atoms with E-state index in [9.17, 15) is 19.5 Å². The Labute approximate surface area is 249 Å². The van der Waals surface area contributed by atoms with E-state index in [1.807, 2.05) is 13.8 Å². The Bertz CT molecular complexity index is 1610. The number of guanidine groups is 1. The summed E-state index contributed by atoms with van der Waals surface area (Å²) in [5.41, 5.74) is 13.6. The Hall–Kier alpha value is -5.06. The number of hydrogen-bond acceptors (Lipinski definition) is 8. The van der Waals surface area contributed by atoms with Crippen LogP contribution in [0.3, 0.4) is 0 Å². The smallest absolute Gasteiger partial charge is 0.338 e. The van der Waals surface area contributed by atoms with Crippen LogP contribution in [-0.2, 0) is 4.74 Å². The molecule has 1 atom stereocenters. The summed E-state index contributed by atoms with van der Waals surface area (Å²) in [6, 6.07) is 11.1. The van der Waals surface area contributed by atoms with Crippen LogP contribution in [-0.4, -0.2) is 47.5 Å². The van der Waals surface area contributed by atoms with Gasteiger partial charge in [-0.2, -0.15) is 0 Å². The van der Waals surface area contributed by atoms with Gasteiger partial charge in [0.2, 0.25) is 0 Å². The normalized spacial score (nSPS) is 15.6. The van der Waals surface area contributed by atoms with Gasteiger partial charge in [0.05, 0.1) is 36.4 Å². The van der Waals surface area contributed by atoms with Crippen molar-refractivity contribution >= 4 is 35.0 Å². The van der Waals surface area contributed by atoms with Gasteiger partial charge in [0.25, 0.3) is 5.91 Å². The zero-order chi connectivity index (χ0) is 31.5. The third-order valence-corrected chi connectivity index (χ3v) is 7.34. The van der Waals surface area contributed by atoms with Gasteiger partial charge in [-0.05, 0) is 88.2 Å². The van der Waals surface area contributed by atoms with Gasteiger partial charge in [0.15, 0.2) is 11.7 Å². The highest BCUT2D eigenvalue weighted by Crippen LogP contribution is 2.44. The lowest BCUT2D eigenvalue weighted by atomic mass is 9.85. The predicted octanol–water partition coefficient (Wildman–Crippen LogP) is 4.84. The van der Waals surface area contributed by atoms with Crippen molar-refractivity contribution in [2.45, 2.75) is 53.1 Å². The van der Waals surface area contributed by atoms with Gasteiger partial charge in [-0.25, -0.2) is 9.79 Å². The Morgan fingerprint density at radius 3 is 2.37 bits per heavy atom. The van der Waals surface area contributed by atoms with E-state index in [-0.39, 0.29) is 53.9 Å². The molecule has 43 heavy (non-hydrogen) atoms. The van der Waals surface area contributed by atoms with Crippen LogP contribution in [0.4, 0.5) is 11.4 Å². The van der Waals surface area contributed by atoms with Crippen molar-refractivity contribution in [3.05, 3.63) is 75.8 Å². The van der Waals surface area contributed by atoms with Crippen molar-refractivity contribution in [3.8, 4) is 17.2 Å². The third kappa shape index (κ3) is 6.88. The SMILES string of the molecule is CCOC(=O)c1cc(N=C(N)N)cc(C(=O)Nc2ccc(OCCC3(C)CC(=O)c4c(C)c(O)c(C)c(C)c4O3)cc2)c1. The number of phenols is 1. The standard InChI is InChI=1S/C32H36N4O7/c1-6-41-30(40)21-13-20(14-23(15-21)36-31(33)34)29(39)35-22-7-9-24(10-8-22)42-12-11-32(5)16-25(37)26-19(4)27(38)17(2)18(3)28(26)43-32/h7-10,13-15,38H,6,11-12,16H2,1-5H3,(H,35,39)(H4,33,34,36). The van der Waals surface area contributed by atoms with Crippen LogP contribution in [0.1, 0.15) is 74.5 Å². The summed E-state index contributed by atoms with van der Waals surface area (Å²) in [6.45, 7) is 9.38. The number of carbonyl (C=O) groups is 3. The van der Waals surface area contributed by atoms with Gasteiger partial charge in [0, 0.05) is 23.2 Å². The van der Waals surface area contributed by atoms with E-state index in [0.29, 0.717) is 40.3 Å². The van der Waals surface area contributed by atoms with Crippen molar-refractivity contribution in [1.82, 2.24) is 0 Å². The average Bonchev–Trinajstić information content (AvgIpc) is 2.95. The molecule has 0 saturated heterocycles. The minimum atomic E-state index is -0.770. The second kappa shape index (κ2) is 12.4. The number of fused-ring (bicyclic) bond motifs is 1. The van der Waals surface area contributed by atoms with Gasteiger partial charge in [-0.3, -0.25) is 9.59 Å². The summed E-state index contributed by atoms with van der Waals surface area (Å²) in [5.74, 6) is -0.163. The lowest BCUT2D eigenvalue weighted by Crippen LogP contribution is -2.41. The number of phenolic OH excluding ortho intramolecular Hbond substituents is 1. The predicted molar refractivity (Wildman–Crippen MR) is 163 cm³/mol. The van der Waals surface area contributed by atoms with Gasteiger partial charge < -0.3 is 36.1 Å². The summed E-state index contributed by atoms with van der Waals surface area (Å²) >= 11 is 0. The molecule has 11 heteroatoms.